The maximum Gasteiger partial charge on any atom is 0.332 e. The summed E-state index contributed by atoms with van der Waals surface area (Å²) in [6, 6.07) is 7.20. The van der Waals surface area contributed by atoms with Gasteiger partial charge in [0.2, 0.25) is 0 Å². The van der Waals surface area contributed by atoms with Gasteiger partial charge in [-0.05, 0) is 32.4 Å². The highest BCUT2D eigenvalue weighted by atomic mass is 16.2. The molecule has 1 atom stereocenters. The normalized spacial score (nSPS) is 22.5. The van der Waals surface area contributed by atoms with Crippen molar-refractivity contribution in [3.63, 3.8) is 0 Å². The molecule has 94 valence electrons. The van der Waals surface area contributed by atoms with Crippen LogP contribution in [0.1, 0.15) is 26.3 Å². The van der Waals surface area contributed by atoms with E-state index >= 15 is 0 Å². The first-order valence-corrected chi connectivity index (χ1v) is 6.16. The fourth-order valence-electron chi connectivity index (χ4n) is 2.79. The molecule has 0 aromatic heterocycles. The van der Waals surface area contributed by atoms with E-state index in [9.17, 15) is 9.59 Å². The zero-order valence-corrected chi connectivity index (χ0v) is 10.8. The van der Waals surface area contributed by atoms with Crippen molar-refractivity contribution in [2.45, 2.75) is 38.8 Å². The van der Waals surface area contributed by atoms with E-state index < -0.39 is 5.54 Å². The third-order valence-electron chi connectivity index (χ3n) is 3.55. The number of hydrogen-bond acceptors (Lipinski definition) is 2. The second-order valence-corrected chi connectivity index (χ2v) is 5.85. The molecule has 4 nitrogen and oxygen atoms in total. The summed E-state index contributed by atoms with van der Waals surface area (Å²) in [6.07, 6.45) is 0.632. The third kappa shape index (κ3) is 1.32. The van der Waals surface area contributed by atoms with E-state index in [1.165, 1.54) is 4.90 Å². The number of nitrogens with zero attached hydrogens (tertiary/aromatic N) is 2. The molecular weight excluding hydrogens is 228 g/mol. The summed E-state index contributed by atoms with van der Waals surface area (Å²) in [7, 11) is 0. The molecule has 1 aromatic rings. The Morgan fingerprint density at radius 1 is 1.17 bits per heavy atom. The van der Waals surface area contributed by atoms with E-state index in [0.29, 0.717) is 6.42 Å². The topological polar surface area (TPSA) is 40.6 Å². The first kappa shape index (κ1) is 11.3. The van der Waals surface area contributed by atoms with Crippen LogP contribution in [0.15, 0.2) is 24.3 Å². The van der Waals surface area contributed by atoms with E-state index in [0.717, 1.165) is 11.3 Å². The summed E-state index contributed by atoms with van der Waals surface area (Å²) >= 11 is 0. The highest BCUT2D eigenvalue weighted by Crippen LogP contribution is 2.39. The molecule has 3 rings (SSSR count). The molecule has 0 N–H and O–H groups in total. The van der Waals surface area contributed by atoms with Crippen LogP contribution in [0.2, 0.25) is 0 Å². The zero-order chi connectivity index (χ0) is 13.1. The number of carbonyl (C=O) groups is 2. The number of fused-ring (bicyclic) bond motifs is 3. The molecular formula is C14H16N2O2. The van der Waals surface area contributed by atoms with E-state index in [1.807, 2.05) is 45.0 Å². The van der Waals surface area contributed by atoms with Gasteiger partial charge in [0.05, 0.1) is 0 Å². The van der Waals surface area contributed by atoms with E-state index in [-0.39, 0.29) is 18.0 Å². The molecule has 1 unspecified atom stereocenters. The number of amides is 3. The molecule has 2 aliphatic heterocycles. The number of rotatable bonds is 0. The second kappa shape index (κ2) is 3.34. The number of para-hydroxylation sites is 1. The van der Waals surface area contributed by atoms with Gasteiger partial charge in [0.25, 0.3) is 5.91 Å². The molecule has 0 spiro atoms. The Bertz CT molecular complexity index is 545. The summed E-state index contributed by atoms with van der Waals surface area (Å²) in [5, 5.41) is 0. The summed E-state index contributed by atoms with van der Waals surface area (Å²) in [5.41, 5.74) is 1.50. The van der Waals surface area contributed by atoms with Gasteiger partial charge in [-0.1, -0.05) is 18.2 Å². The van der Waals surface area contributed by atoms with Crippen molar-refractivity contribution in [3.8, 4) is 0 Å². The Hall–Kier alpha value is -1.84. The predicted octanol–water partition coefficient (Wildman–Crippen LogP) is 2.18. The zero-order valence-electron chi connectivity index (χ0n) is 10.8. The molecule has 2 aliphatic rings. The monoisotopic (exact) mass is 244 g/mol. The molecule has 2 heterocycles. The standard InChI is InChI=1S/C14H16N2O2/c1-14(2,3)16-12(17)11-8-9-6-4-5-7-10(9)15(11)13(16)18/h4-7,11H,8H2,1-3H3. The molecule has 4 heteroatoms. The van der Waals surface area contributed by atoms with Crippen LogP contribution in [-0.2, 0) is 11.2 Å². The number of carbonyl (C=O) groups excluding carboxylic acids is 2. The van der Waals surface area contributed by atoms with Gasteiger partial charge < -0.3 is 0 Å². The van der Waals surface area contributed by atoms with Gasteiger partial charge in [-0.15, -0.1) is 0 Å². The van der Waals surface area contributed by atoms with Gasteiger partial charge in [-0.25, -0.2) is 4.79 Å². The molecule has 0 saturated carbocycles. The highest BCUT2D eigenvalue weighted by molar-refractivity contribution is 6.16. The van der Waals surface area contributed by atoms with Crippen molar-refractivity contribution in [2.75, 3.05) is 4.90 Å². The number of benzene rings is 1. The minimum Gasteiger partial charge on any atom is -0.281 e. The molecule has 0 aliphatic carbocycles. The van der Waals surface area contributed by atoms with Crippen LogP contribution in [-0.4, -0.2) is 28.4 Å². The van der Waals surface area contributed by atoms with Gasteiger partial charge in [0, 0.05) is 17.6 Å². The number of hydrogen-bond donors (Lipinski definition) is 0. The maximum atomic E-state index is 12.4. The van der Waals surface area contributed by atoms with Crippen molar-refractivity contribution < 1.29 is 9.59 Å². The fraction of sp³-hybridized carbons (Fsp3) is 0.429. The van der Waals surface area contributed by atoms with Crippen LogP contribution < -0.4 is 4.90 Å². The van der Waals surface area contributed by atoms with Crippen LogP contribution in [0.4, 0.5) is 10.5 Å². The molecule has 0 radical (unpaired) electrons. The average molecular weight is 244 g/mol. The summed E-state index contributed by atoms with van der Waals surface area (Å²) in [4.78, 5) is 27.8. The van der Waals surface area contributed by atoms with Gasteiger partial charge in [-0.3, -0.25) is 14.6 Å². The van der Waals surface area contributed by atoms with Crippen molar-refractivity contribution >= 4 is 17.6 Å². The highest BCUT2D eigenvalue weighted by Gasteiger charge is 2.53. The van der Waals surface area contributed by atoms with Crippen molar-refractivity contribution in [2.24, 2.45) is 0 Å². The van der Waals surface area contributed by atoms with Crippen molar-refractivity contribution in [1.29, 1.82) is 0 Å². The summed E-state index contributed by atoms with van der Waals surface area (Å²) < 4.78 is 0. The van der Waals surface area contributed by atoms with E-state index in [4.69, 9.17) is 0 Å². The SMILES string of the molecule is CC(C)(C)N1C(=O)C2Cc3ccccc3N2C1=O. The predicted molar refractivity (Wildman–Crippen MR) is 68.4 cm³/mol. The molecule has 0 bridgehead atoms. The fourth-order valence-corrected chi connectivity index (χ4v) is 2.79. The Labute approximate surface area is 106 Å². The second-order valence-electron chi connectivity index (χ2n) is 5.85. The lowest BCUT2D eigenvalue weighted by Crippen LogP contribution is -2.46. The molecule has 18 heavy (non-hydrogen) atoms. The van der Waals surface area contributed by atoms with Crippen LogP contribution in [0.5, 0.6) is 0 Å². The molecule has 1 fully saturated rings. The summed E-state index contributed by atoms with van der Waals surface area (Å²) in [5.74, 6) is -0.0799. The Morgan fingerprint density at radius 2 is 1.83 bits per heavy atom. The van der Waals surface area contributed by atoms with Gasteiger partial charge in [-0.2, -0.15) is 0 Å². The number of urea groups is 1. The van der Waals surface area contributed by atoms with E-state index in [1.54, 1.807) is 4.90 Å². The lowest BCUT2D eigenvalue weighted by Gasteiger charge is -2.29. The Kier molecular flexibility index (Phi) is 2.09. The van der Waals surface area contributed by atoms with Crippen LogP contribution in [0.3, 0.4) is 0 Å². The van der Waals surface area contributed by atoms with Gasteiger partial charge in [0.15, 0.2) is 0 Å². The van der Waals surface area contributed by atoms with Gasteiger partial charge >= 0.3 is 6.03 Å². The Balaban J connectivity index is 2.07. The quantitative estimate of drug-likeness (QED) is 0.656. The smallest absolute Gasteiger partial charge is 0.281 e. The lowest BCUT2D eigenvalue weighted by molar-refractivity contribution is -0.130. The molecule has 3 amide bonds. The van der Waals surface area contributed by atoms with Crippen molar-refractivity contribution in [3.05, 3.63) is 29.8 Å². The maximum absolute atomic E-state index is 12.4. The average Bonchev–Trinajstić information content (AvgIpc) is 2.75. The summed E-state index contributed by atoms with van der Waals surface area (Å²) in [6.45, 7) is 5.66. The number of anilines is 1. The largest absolute Gasteiger partial charge is 0.332 e. The van der Waals surface area contributed by atoms with Crippen LogP contribution >= 0.6 is 0 Å². The van der Waals surface area contributed by atoms with Crippen LogP contribution in [0, 0.1) is 0 Å². The van der Waals surface area contributed by atoms with Crippen LogP contribution in [0.25, 0.3) is 0 Å². The third-order valence-corrected chi connectivity index (χ3v) is 3.55. The molecule has 1 saturated heterocycles. The minimum atomic E-state index is -0.465. The van der Waals surface area contributed by atoms with Gasteiger partial charge in [0.1, 0.15) is 6.04 Å². The minimum absolute atomic E-state index is 0.0799. The lowest BCUT2D eigenvalue weighted by atomic mass is 10.0. The first-order chi connectivity index (χ1) is 8.41. The molecule has 1 aromatic carbocycles. The number of imide groups is 1. The first-order valence-electron chi connectivity index (χ1n) is 6.16. The van der Waals surface area contributed by atoms with Crippen molar-refractivity contribution in [1.82, 2.24) is 4.90 Å². The van der Waals surface area contributed by atoms with E-state index in [2.05, 4.69) is 0 Å². The Morgan fingerprint density at radius 3 is 2.50 bits per heavy atom.